The molecule has 2 saturated carbocycles. The maximum absolute atomic E-state index is 13.3. The average Bonchev–Trinajstić information content (AvgIpc) is 3.26. The van der Waals surface area contributed by atoms with Crippen molar-refractivity contribution in [2.24, 2.45) is 11.3 Å². The van der Waals surface area contributed by atoms with E-state index in [1.165, 1.54) is 37.8 Å². The lowest BCUT2D eigenvalue weighted by molar-refractivity contribution is 0.0920. The van der Waals surface area contributed by atoms with Crippen molar-refractivity contribution in [3.63, 3.8) is 0 Å². The van der Waals surface area contributed by atoms with Crippen LogP contribution in [-0.2, 0) is 0 Å². The Balaban J connectivity index is 1.34. The molecule has 2 N–H and O–H groups in total. The highest BCUT2D eigenvalue weighted by molar-refractivity contribution is 6.04. The highest BCUT2D eigenvalue weighted by atomic mass is 16.1. The van der Waals surface area contributed by atoms with Crippen LogP contribution in [0, 0.1) is 11.3 Å². The minimum absolute atomic E-state index is 0.0180. The number of benzene rings is 1. The lowest BCUT2D eigenvalue weighted by Gasteiger charge is -2.24. The van der Waals surface area contributed by atoms with Crippen LogP contribution in [-0.4, -0.2) is 40.0 Å². The monoisotopic (exact) mass is 473 g/mol. The third-order valence-electron chi connectivity index (χ3n) is 8.41. The molecular formula is C29H39N5O. The summed E-state index contributed by atoms with van der Waals surface area (Å²) < 4.78 is 0. The number of nitrogens with one attached hydrogen (secondary N) is 2. The highest BCUT2D eigenvalue weighted by Crippen LogP contribution is 2.65. The minimum atomic E-state index is -0.0180. The number of H-pyrrole nitrogens is 1. The average molecular weight is 474 g/mol. The van der Waals surface area contributed by atoms with E-state index in [9.17, 15) is 4.79 Å². The Morgan fingerprint density at radius 3 is 2.63 bits per heavy atom. The van der Waals surface area contributed by atoms with Crippen LogP contribution in [0.2, 0.25) is 0 Å². The van der Waals surface area contributed by atoms with Gasteiger partial charge in [-0.05, 0) is 80.2 Å². The molecule has 0 spiro atoms. The van der Waals surface area contributed by atoms with Crippen molar-refractivity contribution >= 4 is 22.8 Å². The summed E-state index contributed by atoms with van der Waals surface area (Å²) >= 11 is 0. The number of carbonyl (C=O) groups excluding carboxylic acids is 1. The van der Waals surface area contributed by atoms with E-state index in [4.69, 9.17) is 4.98 Å². The van der Waals surface area contributed by atoms with E-state index in [2.05, 4.69) is 65.2 Å². The number of amides is 1. The maximum atomic E-state index is 13.3. The molecule has 0 radical (unpaired) electrons. The predicted molar refractivity (Wildman–Crippen MR) is 143 cm³/mol. The third-order valence-corrected chi connectivity index (χ3v) is 8.41. The molecule has 5 rings (SSSR count). The topological polar surface area (TPSA) is 73.9 Å². The summed E-state index contributed by atoms with van der Waals surface area (Å²) in [6, 6.07) is 10.7. The fourth-order valence-electron chi connectivity index (χ4n) is 6.26. The van der Waals surface area contributed by atoms with Gasteiger partial charge in [-0.25, -0.2) is 9.97 Å². The molecule has 1 aromatic carbocycles. The van der Waals surface area contributed by atoms with Crippen molar-refractivity contribution in [3.05, 3.63) is 42.1 Å². The van der Waals surface area contributed by atoms with Gasteiger partial charge < -0.3 is 15.2 Å². The summed E-state index contributed by atoms with van der Waals surface area (Å²) in [4.78, 5) is 28.3. The third kappa shape index (κ3) is 4.55. The van der Waals surface area contributed by atoms with Gasteiger partial charge in [0.05, 0.1) is 11.1 Å². The first-order chi connectivity index (χ1) is 17.1. The van der Waals surface area contributed by atoms with Crippen molar-refractivity contribution in [1.82, 2.24) is 20.3 Å². The summed E-state index contributed by atoms with van der Waals surface area (Å²) in [6.45, 7) is 8.89. The Hall–Kier alpha value is -2.89. The molecule has 3 aromatic rings. The van der Waals surface area contributed by atoms with E-state index < -0.39 is 0 Å². The lowest BCUT2D eigenvalue weighted by Crippen LogP contribution is -2.39. The summed E-state index contributed by atoms with van der Waals surface area (Å²) in [5, 5.41) is 3.35. The quantitative estimate of drug-likeness (QED) is 0.319. The van der Waals surface area contributed by atoms with Crippen molar-refractivity contribution in [2.75, 3.05) is 18.0 Å². The van der Waals surface area contributed by atoms with Gasteiger partial charge in [-0.2, -0.15) is 0 Å². The summed E-state index contributed by atoms with van der Waals surface area (Å²) in [5.74, 6) is 1.54. The van der Waals surface area contributed by atoms with Crippen LogP contribution in [0.15, 0.2) is 36.5 Å². The molecule has 0 aliphatic heterocycles. The summed E-state index contributed by atoms with van der Waals surface area (Å²) in [5.41, 5.74) is 4.53. The Labute approximate surface area is 208 Å². The molecule has 2 fully saturated rings. The SMILES string of the molecule is CCCCCN(CCC)c1ccc(-c2nc3nccc(C(=O)NC4CCC5CC54CC)c3[nH]2)cc1. The largest absolute Gasteiger partial charge is 0.372 e. The van der Waals surface area contributed by atoms with Gasteiger partial charge in [0.25, 0.3) is 5.91 Å². The second kappa shape index (κ2) is 10.00. The number of pyridine rings is 1. The molecule has 2 aliphatic carbocycles. The van der Waals surface area contributed by atoms with Gasteiger partial charge in [0.2, 0.25) is 0 Å². The summed E-state index contributed by atoms with van der Waals surface area (Å²) in [6.07, 6.45) is 11.3. The first-order valence-corrected chi connectivity index (χ1v) is 13.6. The maximum Gasteiger partial charge on any atom is 0.253 e. The molecule has 3 atom stereocenters. The molecule has 2 aromatic heterocycles. The molecule has 3 unspecified atom stereocenters. The van der Waals surface area contributed by atoms with Gasteiger partial charge in [-0.3, -0.25) is 4.79 Å². The molecule has 6 heteroatoms. The standard InChI is InChI=1S/C29H39N5O/c1-4-7-8-18-34(17-5-2)22-12-9-20(10-13-22)26-32-25-23(15-16-30-27(25)33-26)28(35)31-24-14-11-21-19-29(21,24)6-3/h9-10,12-13,15-16,21,24H,4-8,11,14,17-19H2,1-3H3,(H,31,35)(H,30,32,33). The molecule has 6 nitrogen and oxygen atoms in total. The van der Waals surface area contributed by atoms with Crippen LogP contribution in [0.1, 0.15) is 82.5 Å². The molecule has 1 amide bonds. The number of hydrogen-bond acceptors (Lipinski definition) is 4. The van der Waals surface area contributed by atoms with E-state index >= 15 is 0 Å². The number of hydrogen-bond donors (Lipinski definition) is 2. The molecule has 2 heterocycles. The van der Waals surface area contributed by atoms with Crippen LogP contribution in [0.4, 0.5) is 5.69 Å². The van der Waals surface area contributed by atoms with Crippen LogP contribution in [0.25, 0.3) is 22.6 Å². The number of nitrogens with zero attached hydrogens (tertiary/aromatic N) is 3. The van der Waals surface area contributed by atoms with E-state index in [1.807, 2.05) is 0 Å². The van der Waals surface area contributed by atoms with Crippen molar-refractivity contribution < 1.29 is 4.79 Å². The first kappa shape index (κ1) is 23.8. The fraction of sp³-hybridized carbons (Fsp3) is 0.552. The van der Waals surface area contributed by atoms with Gasteiger partial charge in [0.15, 0.2) is 5.65 Å². The zero-order chi connectivity index (χ0) is 24.4. The van der Waals surface area contributed by atoms with E-state index in [1.54, 1.807) is 12.3 Å². The van der Waals surface area contributed by atoms with Crippen LogP contribution >= 0.6 is 0 Å². The van der Waals surface area contributed by atoms with Crippen LogP contribution in [0.5, 0.6) is 0 Å². The molecule has 0 saturated heterocycles. The second-order valence-corrected chi connectivity index (χ2v) is 10.5. The van der Waals surface area contributed by atoms with Crippen LogP contribution < -0.4 is 10.2 Å². The van der Waals surface area contributed by atoms with Gasteiger partial charge in [-0.15, -0.1) is 0 Å². The molecule has 2 aliphatic rings. The zero-order valence-electron chi connectivity index (χ0n) is 21.4. The molecule has 0 bridgehead atoms. The summed E-state index contributed by atoms with van der Waals surface area (Å²) in [7, 11) is 0. The normalized spacial score (nSPS) is 22.8. The van der Waals surface area contributed by atoms with Crippen molar-refractivity contribution in [1.29, 1.82) is 0 Å². The van der Waals surface area contributed by atoms with Crippen molar-refractivity contribution in [2.45, 2.75) is 78.2 Å². The molecule has 186 valence electrons. The number of aromatic nitrogens is 3. The number of carbonyl (C=O) groups is 1. The van der Waals surface area contributed by atoms with Gasteiger partial charge in [0, 0.05) is 36.6 Å². The van der Waals surface area contributed by atoms with Gasteiger partial charge in [-0.1, -0.05) is 33.6 Å². The Kier molecular flexibility index (Phi) is 6.81. The lowest BCUT2D eigenvalue weighted by atomic mass is 9.94. The van der Waals surface area contributed by atoms with Crippen molar-refractivity contribution in [3.8, 4) is 11.4 Å². The Morgan fingerprint density at radius 1 is 1.09 bits per heavy atom. The van der Waals surface area contributed by atoms with Gasteiger partial charge in [0.1, 0.15) is 5.82 Å². The fourth-order valence-corrected chi connectivity index (χ4v) is 6.26. The Bertz CT molecular complexity index is 1170. The number of anilines is 1. The number of fused-ring (bicyclic) bond motifs is 2. The van der Waals surface area contributed by atoms with Crippen LogP contribution in [0.3, 0.4) is 0 Å². The number of imidazole rings is 1. The minimum Gasteiger partial charge on any atom is -0.372 e. The number of aromatic amines is 1. The molecular weight excluding hydrogens is 434 g/mol. The highest BCUT2D eigenvalue weighted by Gasteiger charge is 2.61. The van der Waals surface area contributed by atoms with E-state index in [0.717, 1.165) is 49.7 Å². The first-order valence-electron chi connectivity index (χ1n) is 13.6. The number of unbranched alkanes of at least 4 members (excludes halogenated alkanes) is 2. The van der Waals surface area contributed by atoms with E-state index in [-0.39, 0.29) is 11.9 Å². The Morgan fingerprint density at radius 2 is 1.91 bits per heavy atom. The predicted octanol–water partition coefficient (Wildman–Crippen LogP) is 6.34. The van der Waals surface area contributed by atoms with Gasteiger partial charge >= 0.3 is 0 Å². The smallest absolute Gasteiger partial charge is 0.253 e. The zero-order valence-corrected chi connectivity index (χ0v) is 21.4. The second-order valence-electron chi connectivity index (χ2n) is 10.5. The molecule has 35 heavy (non-hydrogen) atoms. The number of rotatable bonds is 11. The van der Waals surface area contributed by atoms with E-state index in [0.29, 0.717) is 22.1 Å².